The Morgan fingerprint density at radius 3 is 1.86 bits per heavy atom. The van der Waals surface area contributed by atoms with Crippen molar-refractivity contribution in [1.82, 2.24) is 5.32 Å². The van der Waals surface area contributed by atoms with Crippen molar-refractivity contribution in [3.63, 3.8) is 0 Å². The van der Waals surface area contributed by atoms with Gasteiger partial charge in [0.1, 0.15) is 5.60 Å². The lowest BCUT2D eigenvalue weighted by Gasteiger charge is -2.29. The number of ether oxygens (including phenoxy) is 1. The zero-order valence-corrected chi connectivity index (χ0v) is 12.0. The SMILES string of the molecule is CNC1(C(=N)OC(C)(C)C)CC1C(C(F)(F)F)C(F)(F)F. The van der Waals surface area contributed by atoms with E-state index >= 15 is 0 Å². The van der Waals surface area contributed by atoms with Gasteiger partial charge in [0.25, 0.3) is 0 Å². The summed E-state index contributed by atoms with van der Waals surface area (Å²) in [6, 6.07) is 0. The highest BCUT2D eigenvalue weighted by Crippen LogP contribution is 2.58. The van der Waals surface area contributed by atoms with Crippen LogP contribution in [0.25, 0.3) is 0 Å². The van der Waals surface area contributed by atoms with E-state index in [1.54, 1.807) is 20.8 Å². The number of nitrogens with one attached hydrogen (secondary N) is 2. The molecule has 9 heteroatoms. The van der Waals surface area contributed by atoms with Crippen molar-refractivity contribution in [2.24, 2.45) is 11.8 Å². The number of hydrogen-bond acceptors (Lipinski definition) is 3. The van der Waals surface area contributed by atoms with E-state index in [0.717, 1.165) is 0 Å². The van der Waals surface area contributed by atoms with E-state index in [1.165, 1.54) is 7.05 Å². The predicted octanol–water partition coefficient (Wildman–Crippen LogP) is 3.50. The number of alkyl halides is 6. The monoisotopic (exact) mass is 320 g/mol. The van der Waals surface area contributed by atoms with Gasteiger partial charge in [-0.25, -0.2) is 0 Å². The molecule has 0 saturated heterocycles. The van der Waals surface area contributed by atoms with Gasteiger partial charge in [-0.2, -0.15) is 26.3 Å². The lowest BCUT2D eigenvalue weighted by Crippen LogP contribution is -2.48. The maximum Gasteiger partial charge on any atom is 0.400 e. The molecule has 2 unspecified atom stereocenters. The molecule has 0 heterocycles. The Labute approximate surface area is 118 Å². The van der Waals surface area contributed by atoms with Crippen LogP contribution in [0.4, 0.5) is 26.3 Å². The van der Waals surface area contributed by atoms with Gasteiger partial charge in [-0.05, 0) is 34.2 Å². The van der Waals surface area contributed by atoms with Gasteiger partial charge in [0.2, 0.25) is 5.90 Å². The quantitative estimate of drug-likeness (QED) is 0.475. The van der Waals surface area contributed by atoms with Crippen molar-refractivity contribution in [3.8, 4) is 0 Å². The van der Waals surface area contributed by atoms with Crippen LogP contribution in [0.15, 0.2) is 0 Å². The topological polar surface area (TPSA) is 45.1 Å². The molecule has 124 valence electrons. The third-order valence-corrected chi connectivity index (χ3v) is 3.38. The molecule has 0 aromatic heterocycles. The maximum absolute atomic E-state index is 12.7. The molecule has 0 amide bonds. The van der Waals surface area contributed by atoms with Crippen LogP contribution < -0.4 is 5.32 Å². The molecule has 1 aliphatic carbocycles. The van der Waals surface area contributed by atoms with Gasteiger partial charge in [0, 0.05) is 5.92 Å². The van der Waals surface area contributed by atoms with Gasteiger partial charge in [0.15, 0.2) is 5.92 Å². The zero-order chi connectivity index (χ0) is 16.9. The molecule has 0 aromatic rings. The lowest BCUT2D eigenvalue weighted by atomic mass is 9.98. The van der Waals surface area contributed by atoms with Gasteiger partial charge in [-0.3, -0.25) is 5.41 Å². The van der Waals surface area contributed by atoms with E-state index in [-0.39, 0.29) is 0 Å². The summed E-state index contributed by atoms with van der Waals surface area (Å²) in [4.78, 5) is 0. The smallest absolute Gasteiger partial charge is 0.400 e. The van der Waals surface area contributed by atoms with E-state index in [0.29, 0.717) is 0 Å². The van der Waals surface area contributed by atoms with Gasteiger partial charge >= 0.3 is 12.4 Å². The fraction of sp³-hybridized carbons (Fsp3) is 0.917. The summed E-state index contributed by atoms with van der Waals surface area (Å²) < 4.78 is 81.5. The van der Waals surface area contributed by atoms with Crippen LogP contribution >= 0.6 is 0 Å². The van der Waals surface area contributed by atoms with Crippen molar-refractivity contribution in [2.75, 3.05) is 7.05 Å². The Hall–Kier alpha value is -0.990. The summed E-state index contributed by atoms with van der Waals surface area (Å²) in [5.41, 5.74) is -2.59. The molecule has 0 aromatic carbocycles. The second-order valence-corrected chi connectivity index (χ2v) is 6.14. The van der Waals surface area contributed by atoms with Gasteiger partial charge < -0.3 is 10.1 Å². The van der Waals surface area contributed by atoms with Crippen LogP contribution in [-0.2, 0) is 4.74 Å². The van der Waals surface area contributed by atoms with Crippen LogP contribution in [0, 0.1) is 17.2 Å². The molecule has 2 N–H and O–H groups in total. The average Bonchev–Trinajstić information content (AvgIpc) is 2.85. The minimum absolute atomic E-state index is 0.442. The van der Waals surface area contributed by atoms with Crippen LogP contribution in [0.3, 0.4) is 0 Å². The fourth-order valence-corrected chi connectivity index (χ4v) is 2.39. The first kappa shape index (κ1) is 18.1. The number of likely N-dealkylation sites (N-methyl/N-ethyl adjacent to an activating group) is 1. The summed E-state index contributed by atoms with van der Waals surface area (Å²) in [6.07, 6.45) is -11.3. The lowest BCUT2D eigenvalue weighted by molar-refractivity contribution is -0.291. The van der Waals surface area contributed by atoms with E-state index in [1.807, 2.05) is 0 Å². The first-order valence-corrected chi connectivity index (χ1v) is 6.25. The van der Waals surface area contributed by atoms with Crippen LogP contribution in [0.2, 0.25) is 0 Å². The molecule has 0 spiro atoms. The number of rotatable bonds is 3. The molecule has 1 saturated carbocycles. The number of halogens is 6. The summed E-state index contributed by atoms with van der Waals surface area (Å²) in [6.45, 7) is 4.69. The van der Waals surface area contributed by atoms with Gasteiger partial charge in [0.05, 0.1) is 5.54 Å². The van der Waals surface area contributed by atoms with Crippen LogP contribution in [-0.4, -0.2) is 36.4 Å². The second kappa shape index (κ2) is 5.03. The molecule has 1 aliphatic rings. The third-order valence-electron chi connectivity index (χ3n) is 3.38. The van der Waals surface area contributed by atoms with E-state index in [2.05, 4.69) is 5.32 Å². The highest BCUT2D eigenvalue weighted by Gasteiger charge is 2.73. The Bertz CT molecular complexity index is 397. The molecule has 1 rings (SSSR count). The first-order chi connectivity index (χ1) is 9.15. The maximum atomic E-state index is 12.7. The predicted molar refractivity (Wildman–Crippen MR) is 64.1 cm³/mol. The number of hydrogen-bond donors (Lipinski definition) is 2. The highest BCUT2D eigenvalue weighted by molar-refractivity contribution is 5.88. The van der Waals surface area contributed by atoms with Crippen molar-refractivity contribution >= 4 is 5.90 Å². The largest absolute Gasteiger partial charge is 0.474 e. The summed E-state index contributed by atoms with van der Waals surface area (Å²) in [7, 11) is 1.23. The van der Waals surface area contributed by atoms with Gasteiger partial charge in [-0.15, -0.1) is 0 Å². The van der Waals surface area contributed by atoms with Crippen molar-refractivity contribution in [1.29, 1.82) is 5.41 Å². The molecule has 0 radical (unpaired) electrons. The molecule has 2 atom stereocenters. The van der Waals surface area contributed by atoms with Crippen molar-refractivity contribution in [2.45, 2.75) is 50.7 Å². The van der Waals surface area contributed by atoms with E-state index in [4.69, 9.17) is 10.1 Å². The molecule has 1 fully saturated rings. The molecule has 3 nitrogen and oxygen atoms in total. The summed E-state index contributed by atoms with van der Waals surface area (Å²) >= 11 is 0. The van der Waals surface area contributed by atoms with Crippen LogP contribution in [0.5, 0.6) is 0 Å². The molecular weight excluding hydrogens is 302 g/mol. The minimum atomic E-state index is -5.41. The fourth-order valence-electron chi connectivity index (χ4n) is 2.39. The zero-order valence-electron chi connectivity index (χ0n) is 12.0. The van der Waals surface area contributed by atoms with E-state index < -0.39 is 47.6 Å². The van der Waals surface area contributed by atoms with Crippen molar-refractivity contribution < 1.29 is 31.1 Å². The highest BCUT2D eigenvalue weighted by atomic mass is 19.4. The standard InChI is InChI=1S/C12H18F6N2O/c1-9(2,3)21-8(19)10(20-4)5-6(10)7(11(13,14)15)12(16,17)18/h6-7,19-20H,5H2,1-4H3. The second-order valence-electron chi connectivity index (χ2n) is 6.14. The summed E-state index contributed by atoms with van der Waals surface area (Å²) in [5.74, 6) is -5.86. The average molecular weight is 320 g/mol. The third kappa shape index (κ3) is 3.81. The molecule has 21 heavy (non-hydrogen) atoms. The van der Waals surface area contributed by atoms with Crippen molar-refractivity contribution in [3.05, 3.63) is 0 Å². The Morgan fingerprint density at radius 2 is 1.57 bits per heavy atom. The molecular formula is C12H18F6N2O. The Kier molecular flexibility index (Phi) is 4.33. The van der Waals surface area contributed by atoms with Crippen LogP contribution in [0.1, 0.15) is 27.2 Å². The Balaban J connectivity index is 3.03. The van der Waals surface area contributed by atoms with Gasteiger partial charge in [-0.1, -0.05) is 0 Å². The summed E-state index contributed by atoms with van der Waals surface area (Å²) in [5, 5.41) is 10.1. The first-order valence-electron chi connectivity index (χ1n) is 6.25. The normalized spacial score (nSPS) is 26.9. The molecule has 0 bridgehead atoms. The minimum Gasteiger partial charge on any atom is -0.474 e. The van der Waals surface area contributed by atoms with E-state index in [9.17, 15) is 26.3 Å². The molecule has 0 aliphatic heterocycles. The Morgan fingerprint density at radius 1 is 1.14 bits per heavy atom.